The van der Waals surface area contributed by atoms with Crippen LogP contribution in [0.3, 0.4) is 0 Å². The summed E-state index contributed by atoms with van der Waals surface area (Å²) in [5.41, 5.74) is 2.01. The molecule has 0 saturated carbocycles. The highest BCUT2D eigenvalue weighted by Gasteiger charge is 2.26. The minimum atomic E-state index is -0.379. The van der Waals surface area contributed by atoms with Crippen LogP contribution in [0.5, 0.6) is 0 Å². The van der Waals surface area contributed by atoms with Gasteiger partial charge >= 0.3 is 0 Å². The van der Waals surface area contributed by atoms with E-state index in [1.165, 1.54) is 11.8 Å². The van der Waals surface area contributed by atoms with E-state index in [1.54, 1.807) is 42.5 Å². The molecule has 0 radical (unpaired) electrons. The fourth-order valence-electron chi connectivity index (χ4n) is 3.41. The average molecular weight is 520 g/mol. The number of aryl methyl sites for hydroxylation is 1. The van der Waals surface area contributed by atoms with Crippen LogP contribution < -0.4 is 10.6 Å². The van der Waals surface area contributed by atoms with Crippen molar-refractivity contribution in [2.45, 2.75) is 45.4 Å². The number of nitrogens with one attached hydrogen (secondary N) is 2. The summed E-state index contributed by atoms with van der Waals surface area (Å²) in [7, 11) is 0. The van der Waals surface area contributed by atoms with Crippen LogP contribution in [-0.2, 0) is 11.3 Å². The first-order valence-corrected chi connectivity index (χ1v) is 12.6. The highest BCUT2D eigenvalue weighted by Crippen LogP contribution is 2.27. The quantitative estimate of drug-likeness (QED) is 0.350. The first-order chi connectivity index (χ1) is 16.2. The maximum absolute atomic E-state index is 12.9. The Bertz CT molecular complexity index is 1180. The second-order valence-electron chi connectivity index (χ2n) is 8.06. The monoisotopic (exact) mass is 519 g/mol. The largest absolute Gasteiger partial charge is 0.342 e. The van der Waals surface area contributed by atoms with Crippen molar-refractivity contribution >= 4 is 52.5 Å². The Morgan fingerprint density at radius 3 is 2.50 bits per heavy atom. The van der Waals surface area contributed by atoms with Gasteiger partial charge in [-0.2, -0.15) is 0 Å². The Morgan fingerprint density at radius 1 is 1.12 bits per heavy atom. The number of halogens is 2. The number of rotatable bonds is 9. The summed E-state index contributed by atoms with van der Waals surface area (Å²) in [6.45, 7) is 8.45. The first kappa shape index (κ1) is 26.1. The third-order valence-corrected chi connectivity index (χ3v) is 6.74. The lowest BCUT2D eigenvalue weighted by Gasteiger charge is -2.22. The molecule has 2 aromatic carbocycles. The van der Waals surface area contributed by atoms with Crippen molar-refractivity contribution in [1.82, 2.24) is 20.1 Å². The van der Waals surface area contributed by atoms with Gasteiger partial charge in [0.1, 0.15) is 0 Å². The van der Waals surface area contributed by atoms with Crippen molar-refractivity contribution < 1.29 is 9.59 Å². The molecule has 3 rings (SSSR count). The summed E-state index contributed by atoms with van der Waals surface area (Å²) in [5, 5.41) is 16.2. The molecule has 2 N–H and O–H groups in total. The molecule has 2 amide bonds. The SMILES string of the molecule is CCn1c(SCC(=O)Nc2ccc(Cl)cc2C)nnc1C(NC(=O)c1ccccc1Cl)C(C)C. The molecule has 1 atom stereocenters. The number of anilines is 1. The predicted octanol–water partition coefficient (Wildman–Crippen LogP) is 5.77. The van der Waals surface area contributed by atoms with Gasteiger partial charge in [-0.25, -0.2) is 0 Å². The normalized spacial score (nSPS) is 12.0. The molecule has 0 aliphatic rings. The summed E-state index contributed by atoms with van der Waals surface area (Å²) in [5.74, 6) is 0.416. The number of thioether (sulfide) groups is 1. The summed E-state index contributed by atoms with van der Waals surface area (Å²) in [6.07, 6.45) is 0. The zero-order valence-corrected chi connectivity index (χ0v) is 21.8. The van der Waals surface area contributed by atoms with E-state index < -0.39 is 0 Å². The molecule has 0 spiro atoms. The van der Waals surface area contributed by atoms with Gasteiger partial charge in [-0.3, -0.25) is 9.59 Å². The van der Waals surface area contributed by atoms with Gasteiger partial charge in [0.05, 0.1) is 22.4 Å². The summed E-state index contributed by atoms with van der Waals surface area (Å²) in [4.78, 5) is 25.4. The fourth-order valence-corrected chi connectivity index (χ4v) is 4.67. The minimum absolute atomic E-state index is 0.0509. The van der Waals surface area contributed by atoms with Crippen LogP contribution in [0, 0.1) is 12.8 Å². The van der Waals surface area contributed by atoms with E-state index >= 15 is 0 Å². The molecule has 10 heteroatoms. The van der Waals surface area contributed by atoms with Gasteiger partial charge in [0.15, 0.2) is 11.0 Å². The molecule has 0 aliphatic heterocycles. The van der Waals surface area contributed by atoms with Crippen molar-refractivity contribution in [2.75, 3.05) is 11.1 Å². The number of benzene rings is 2. The van der Waals surface area contributed by atoms with Crippen LogP contribution in [-0.4, -0.2) is 32.3 Å². The lowest BCUT2D eigenvalue weighted by molar-refractivity contribution is -0.113. The molecule has 3 aromatic rings. The Labute approximate surface area is 213 Å². The van der Waals surface area contributed by atoms with Crippen molar-refractivity contribution in [2.24, 2.45) is 5.92 Å². The van der Waals surface area contributed by atoms with Crippen LogP contribution in [0.1, 0.15) is 48.6 Å². The zero-order valence-electron chi connectivity index (χ0n) is 19.4. The highest BCUT2D eigenvalue weighted by atomic mass is 35.5. The molecule has 0 saturated heterocycles. The average Bonchev–Trinajstić information content (AvgIpc) is 3.20. The maximum atomic E-state index is 12.9. The number of hydrogen-bond acceptors (Lipinski definition) is 5. The van der Waals surface area contributed by atoms with Gasteiger partial charge in [-0.15, -0.1) is 10.2 Å². The van der Waals surface area contributed by atoms with E-state index in [4.69, 9.17) is 23.2 Å². The molecule has 180 valence electrons. The maximum Gasteiger partial charge on any atom is 0.253 e. The van der Waals surface area contributed by atoms with Crippen molar-refractivity contribution in [1.29, 1.82) is 0 Å². The van der Waals surface area contributed by atoms with E-state index in [0.29, 0.717) is 33.1 Å². The predicted molar refractivity (Wildman–Crippen MR) is 138 cm³/mol. The molecule has 1 heterocycles. The molecule has 1 aromatic heterocycles. The van der Waals surface area contributed by atoms with Crippen LogP contribution in [0.4, 0.5) is 5.69 Å². The molecule has 7 nitrogen and oxygen atoms in total. The Hall–Kier alpha value is -2.55. The molecule has 0 fully saturated rings. The van der Waals surface area contributed by atoms with Gasteiger partial charge in [-0.05, 0) is 55.7 Å². The van der Waals surface area contributed by atoms with Crippen LogP contribution in [0.15, 0.2) is 47.6 Å². The Kier molecular flexibility index (Phi) is 8.99. The molecule has 34 heavy (non-hydrogen) atoms. The number of aromatic nitrogens is 3. The third kappa shape index (κ3) is 6.31. The van der Waals surface area contributed by atoms with Crippen LogP contribution >= 0.6 is 35.0 Å². The molecular weight excluding hydrogens is 493 g/mol. The van der Waals surface area contributed by atoms with E-state index in [-0.39, 0.29) is 29.5 Å². The number of amides is 2. The van der Waals surface area contributed by atoms with Crippen LogP contribution in [0.25, 0.3) is 0 Å². The lowest BCUT2D eigenvalue weighted by atomic mass is 10.0. The Balaban J connectivity index is 1.72. The zero-order chi connectivity index (χ0) is 24.8. The van der Waals surface area contributed by atoms with E-state index in [9.17, 15) is 9.59 Å². The second-order valence-corrected chi connectivity index (χ2v) is 9.84. The van der Waals surface area contributed by atoms with Crippen molar-refractivity contribution in [3.63, 3.8) is 0 Å². The third-order valence-electron chi connectivity index (χ3n) is 5.21. The van der Waals surface area contributed by atoms with Gasteiger partial charge in [0, 0.05) is 17.3 Å². The van der Waals surface area contributed by atoms with Gasteiger partial charge in [-0.1, -0.05) is 60.9 Å². The van der Waals surface area contributed by atoms with Gasteiger partial charge < -0.3 is 15.2 Å². The second kappa shape index (κ2) is 11.7. The molecule has 0 aliphatic carbocycles. The molecule has 1 unspecified atom stereocenters. The summed E-state index contributed by atoms with van der Waals surface area (Å²) < 4.78 is 1.92. The highest BCUT2D eigenvalue weighted by molar-refractivity contribution is 7.99. The van der Waals surface area contributed by atoms with Crippen molar-refractivity contribution in [3.8, 4) is 0 Å². The van der Waals surface area contributed by atoms with Gasteiger partial charge in [0.2, 0.25) is 5.91 Å². The standard InChI is InChI=1S/C24H27Cl2N5O2S/c1-5-31-22(21(14(2)3)28-23(33)17-8-6-7-9-18(17)26)29-30-24(31)34-13-20(32)27-19-11-10-16(25)12-15(19)4/h6-12,14,21H,5,13H2,1-4H3,(H,27,32)(H,28,33). The number of carbonyl (C=O) groups is 2. The summed E-state index contributed by atoms with van der Waals surface area (Å²) >= 11 is 13.5. The number of hydrogen-bond donors (Lipinski definition) is 2. The smallest absolute Gasteiger partial charge is 0.253 e. The molecule has 0 bridgehead atoms. The number of carbonyl (C=O) groups excluding carboxylic acids is 2. The fraction of sp³-hybridized carbons (Fsp3) is 0.333. The minimum Gasteiger partial charge on any atom is -0.342 e. The first-order valence-electron chi connectivity index (χ1n) is 10.9. The summed E-state index contributed by atoms with van der Waals surface area (Å²) in [6, 6.07) is 11.8. The van der Waals surface area contributed by atoms with Crippen LogP contribution in [0.2, 0.25) is 10.0 Å². The van der Waals surface area contributed by atoms with E-state index in [2.05, 4.69) is 20.8 Å². The number of nitrogens with zero attached hydrogens (tertiary/aromatic N) is 3. The lowest BCUT2D eigenvalue weighted by Crippen LogP contribution is -2.34. The Morgan fingerprint density at radius 2 is 1.85 bits per heavy atom. The van der Waals surface area contributed by atoms with E-state index in [0.717, 1.165) is 11.3 Å². The molecular formula is C24H27Cl2N5O2S. The van der Waals surface area contributed by atoms with E-state index in [1.807, 2.05) is 32.3 Å². The van der Waals surface area contributed by atoms with Crippen molar-refractivity contribution in [3.05, 3.63) is 69.5 Å². The topological polar surface area (TPSA) is 88.9 Å². The van der Waals surface area contributed by atoms with Gasteiger partial charge in [0.25, 0.3) is 5.91 Å².